The van der Waals surface area contributed by atoms with Gasteiger partial charge < -0.3 is 24.6 Å². The van der Waals surface area contributed by atoms with Crippen molar-refractivity contribution in [3.05, 3.63) is 30.1 Å². The largest absolute Gasteiger partial charge is 0.490 e. The molecular formula is C22H28F6N2O6. The van der Waals surface area contributed by atoms with Gasteiger partial charge in [0.2, 0.25) is 0 Å². The number of aromatic nitrogens is 1. The number of halogens is 6. The molecule has 0 amide bonds. The molecule has 3 heterocycles. The monoisotopic (exact) mass is 530 g/mol. The fourth-order valence-electron chi connectivity index (χ4n) is 4.00. The number of hydrogen-bond donors (Lipinski definition) is 2. The summed E-state index contributed by atoms with van der Waals surface area (Å²) in [6, 6.07) is 4.91. The van der Waals surface area contributed by atoms with Gasteiger partial charge in [0.05, 0.1) is 24.9 Å². The van der Waals surface area contributed by atoms with E-state index in [-0.39, 0.29) is 11.7 Å². The van der Waals surface area contributed by atoms with Crippen LogP contribution in [0.25, 0.3) is 0 Å². The fourth-order valence-corrected chi connectivity index (χ4v) is 4.00. The van der Waals surface area contributed by atoms with E-state index in [1.807, 2.05) is 24.5 Å². The van der Waals surface area contributed by atoms with Crippen LogP contribution in [-0.2, 0) is 25.7 Å². The van der Waals surface area contributed by atoms with Crippen LogP contribution in [0.5, 0.6) is 0 Å². The number of pyridine rings is 1. The predicted molar refractivity (Wildman–Crippen MR) is 112 cm³/mol. The molecule has 2 saturated heterocycles. The first-order valence-corrected chi connectivity index (χ1v) is 11.2. The fraction of sp³-hybridized carbons (Fsp3) is 0.682. The third-order valence-corrected chi connectivity index (χ3v) is 6.20. The lowest BCUT2D eigenvalue weighted by Gasteiger charge is -2.45. The maximum atomic E-state index is 10.6. The number of carboxylic acids is 2. The van der Waals surface area contributed by atoms with Crippen molar-refractivity contribution in [2.24, 2.45) is 0 Å². The Balaban J connectivity index is 0.000000271. The molecule has 8 nitrogen and oxygen atoms in total. The minimum absolute atomic E-state index is 0.100. The normalized spacial score (nSPS) is 22.0. The molecule has 2 N–H and O–H groups in total. The minimum atomic E-state index is -5.08. The Morgan fingerprint density at radius 3 is 1.94 bits per heavy atom. The van der Waals surface area contributed by atoms with Crippen LogP contribution in [0.1, 0.15) is 44.1 Å². The Bertz CT molecular complexity index is 816. The van der Waals surface area contributed by atoms with Crippen molar-refractivity contribution in [1.29, 1.82) is 0 Å². The van der Waals surface area contributed by atoms with Crippen LogP contribution >= 0.6 is 0 Å². The van der Waals surface area contributed by atoms with E-state index in [2.05, 4.69) is 9.88 Å². The Morgan fingerprint density at radius 2 is 1.53 bits per heavy atom. The quantitative estimate of drug-likeness (QED) is 0.562. The van der Waals surface area contributed by atoms with Gasteiger partial charge in [0.15, 0.2) is 0 Å². The molecular weight excluding hydrogens is 502 g/mol. The molecule has 14 heteroatoms. The summed E-state index contributed by atoms with van der Waals surface area (Å²) < 4.78 is 75.7. The number of piperidine rings is 1. The van der Waals surface area contributed by atoms with Gasteiger partial charge in [-0.3, -0.25) is 4.98 Å². The molecule has 3 fully saturated rings. The van der Waals surface area contributed by atoms with Crippen LogP contribution in [0.3, 0.4) is 0 Å². The van der Waals surface area contributed by atoms with Gasteiger partial charge in [-0.2, -0.15) is 26.3 Å². The zero-order chi connectivity index (χ0) is 27.0. The first-order chi connectivity index (χ1) is 16.7. The summed E-state index contributed by atoms with van der Waals surface area (Å²) in [5, 5.41) is 14.2. The predicted octanol–water partition coefficient (Wildman–Crippen LogP) is 4.04. The summed E-state index contributed by atoms with van der Waals surface area (Å²) in [7, 11) is 0. The van der Waals surface area contributed by atoms with Crippen LogP contribution in [0.4, 0.5) is 26.3 Å². The number of alkyl halides is 6. The smallest absolute Gasteiger partial charge is 0.475 e. The van der Waals surface area contributed by atoms with Crippen molar-refractivity contribution >= 4 is 11.9 Å². The summed E-state index contributed by atoms with van der Waals surface area (Å²) in [6.45, 7) is 3.85. The van der Waals surface area contributed by atoms with Crippen LogP contribution in [0, 0.1) is 0 Å². The Labute approximate surface area is 203 Å². The number of carbonyl (C=O) groups is 2. The second kappa shape index (κ2) is 12.7. The van der Waals surface area contributed by atoms with Gasteiger partial charge in [-0.25, -0.2) is 9.59 Å². The highest BCUT2D eigenvalue weighted by Gasteiger charge is 2.44. The van der Waals surface area contributed by atoms with Crippen molar-refractivity contribution in [3.8, 4) is 0 Å². The summed E-state index contributed by atoms with van der Waals surface area (Å²) in [4.78, 5) is 24.5. The molecule has 0 bridgehead atoms. The van der Waals surface area contributed by atoms with E-state index in [1.165, 1.54) is 50.8 Å². The van der Waals surface area contributed by atoms with E-state index in [4.69, 9.17) is 29.3 Å². The number of carboxylic acid groups (broad SMARTS) is 2. The molecule has 1 unspecified atom stereocenters. The van der Waals surface area contributed by atoms with E-state index < -0.39 is 24.3 Å². The lowest BCUT2D eigenvalue weighted by molar-refractivity contribution is -0.193. The van der Waals surface area contributed by atoms with E-state index >= 15 is 0 Å². The Morgan fingerprint density at radius 1 is 1.03 bits per heavy atom. The molecule has 2 aliphatic heterocycles. The minimum Gasteiger partial charge on any atom is -0.475 e. The number of likely N-dealkylation sites (tertiary alicyclic amines) is 1. The Hall–Kier alpha value is -2.45. The number of aliphatic carboxylic acids is 2. The number of rotatable bonds is 4. The molecule has 1 aliphatic carbocycles. The zero-order valence-corrected chi connectivity index (χ0v) is 19.2. The van der Waals surface area contributed by atoms with E-state index in [0.29, 0.717) is 6.61 Å². The summed E-state index contributed by atoms with van der Waals surface area (Å²) in [6.07, 6.45) is 1.39. The van der Waals surface area contributed by atoms with Gasteiger partial charge in [-0.05, 0) is 43.4 Å². The summed E-state index contributed by atoms with van der Waals surface area (Å²) >= 11 is 0. The van der Waals surface area contributed by atoms with Crippen LogP contribution < -0.4 is 0 Å². The first-order valence-electron chi connectivity index (χ1n) is 11.2. The maximum Gasteiger partial charge on any atom is 0.490 e. The zero-order valence-electron chi connectivity index (χ0n) is 19.2. The van der Waals surface area contributed by atoms with Gasteiger partial charge in [0, 0.05) is 37.9 Å². The Kier molecular flexibility index (Phi) is 10.5. The van der Waals surface area contributed by atoms with E-state index in [1.54, 1.807) is 0 Å². The maximum absolute atomic E-state index is 10.6. The van der Waals surface area contributed by atoms with Crippen LogP contribution in [0.2, 0.25) is 0 Å². The number of hydrogen-bond acceptors (Lipinski definition) is 6. The number of ether oxygens (including phenoxy) is 2. The molecule has 4 rings (SSSR count). The van der Waals surface area contributed by atoms with Crippen LogP contribution in [-0.4, -0.2) is 81.8 Å². The lowest BCUT2D eigenvalue weighted by atomic mass is 9.84. The summed E-state index contributed by atoms with van der Waals surface area (Å²) in [5.74, 6) is -5.51. The molecule has 0 radical (unpaired) electrons. The van der Waals surface area contributed by atoms with Gasteiger partial charge in [0.1, 0.15) is 0 Å². The first kappa shape index (κ1) is 29.8. The third-order valence-electron chi connectivity index (χ3n) is 6.20. The van der Waals surface area contributed by atoms with E-state index in [0.717, 1.165) is 19.1 Å². The lowest BCUT2D eigenvalue weighted by Crippen LogP contribution is -2.50. The molecule has 1 atom stereocenters. The van der Waals surface area contributed by atoms with E-state index in [9.17, 15) is 26.3 Å². The molecule has 36 heavy (non-hydrogen) atoms. The molecule has 1 aromatic heterocycles. The highest BCUT2D eigenvalue weighted by atomic mass is 19.4. The highest BCUT2D eigenvalue weighted by Crippen LogP contribution is 2.39. The standard InChI is InChI=1S/C18H26N2O2.2C2HF3O2/c1-2-16(3-1)20-10-6-18(7-11-20)12-17(14-22-18)21-13-15-4-8-19-9-5-15;2*3-2(4,5)1(6)7/h4-5,8-9,16-17H,1-3,6-7,10-14H2;2*(H,6,7). The molecule has 1 saturated carbocycles. The molecule has 1 aromatic rings. The topological polar surface area (TPSA) is 109 Å². The molecule has 1 spiro atoms. The van der Waals surface area contributed by atoms with Crippen LogP contribution in [0.15, 0.2) is 24.5 Å². The van der Waals surface area contributed by atoms with Crippen molar-refractivity contribution < 1.29 is 55.6 Å². The average Bonchev–Trinajstić information content (AvgIpc) is 3.16. The van der Waals surface area contributed by atoms with Crippen molar-refractivity contribution in [3.63, 3.8) is 0 Å². The van der Waals surface area contributed by atoms with Crippen molar-refractivity contribution in [2.45, 2.75) is 75.2 Å². The second-order valence-electron chi connectivity index (χ2n) is 8.71. The van der Waals surface area contributed by atoms with Gasteiger partial charge in [-0.15, -0.1) is 0 Å². The van der Waals surface area contributed by atoms with Crippen molar-refractivity contribution in [2.75, 3.05) is 19.7 Å². The SMILES string of the molecule is O=C(O)C(F)(F)F.O=C(O)C(F)(F)F.c1cc(COC2COC3(CCN(C4CCC4)CC3)C2)ccn1. The average molecular weight is 530 g/mol. The highest BCUT2D eigenvalue weighted by molar-refractivity contribution is 5.73. The summed E-state index contributed by atoms with van der Waals surface area (Å²) in [5.41, 5.74) is 1.29. The molecule has 0 aromatic carbocycles. The van der Waals surface area contributed by atoms with Crippen molar-refractivity contribution in [1.82, 2.24) is 9.88 Å². The van der Waals surface area contributed by atoms with Gasteiger partial charge >= 0.3 is 24.3 Å². The number of nitrogens with zero attached hydrogens (tertiary/aromatic N) is 2. The second-order valence-corrected chi connectivity index (χ2v) is 8.71. The van der Waals surface area contributed by atoms with Gasteiger partial charge in [0.25, 0.3) is 0 Å². The molecule has 204 valence electrons. The molecule has 3 aliphatic rings. The van der Waals surface area contributed by atoms with Gasteiger partial charge in [-0.1, -0.05) is 6.42 Å². The third kappa shape index (κ3) is 9.54.